The summed E-state index contributed by atoms with van der Waals surface area (Å²) in [7, 11) is 1.32. The van der Waals surface area contributed by atoms with E-state index in [0.29, 0.717) is 43.7 Å². The fraction of sp³-hybridized carbons (Fsp3) is 0.526. The topological polar surface area (TPSA) is 75.7 Å². The van der Waals surface area contributed by atoms with Gasteiger partial charge in [0.15, 0.2) is 0 Å². The molecule has 1 fully saturated rings. The number of nitrogens with one attached hydrogen (secondary N) is 1. The molecule has 0 aromatic heterocycles. The maximum atomic E-state index is 12.4. The van der Waals surface area contributed by atoms with E-state index in [1.165, 1.54) is 7.11 Å². The first-order valence-electron chi connectivity index (χ1n) is 8.66. The van der Waals surface area contributed by atoms with Crippen LogP contribution in [0.5, 0.6) is 0 Å². The van der Waals surface area contributed by atoms with Crippen LogP contribution in [0.25, 0.3) is 0 Å². The average molecular weight is 346 g/mol. The molecule has 0 unspecified atom stereocenters. The Kier molecular flexibility index (Phi) is 6.56. The SMILES string of the molecule is COC(=O)[C@H](CC(C)C)NC(=O)c1ccc(N2CCC(=O)CC2)cc1. The maximum Gasteiger partial charge on any atom is 0.328 e. The van der Waals surface area contributed by atoms with Crippen LogP contribution < -0.4 is 10.2 Å². The molecule has 136 valence electrons. The number of amides is 1. The average Bonchev–Trinajstić information content (AvgIpc) is 2.61. The number of nitrogens with zero attached hydrogens (tertiary/aromatic N) is 1. The van der Waals surface area contributed by atoms with Crippen LogP contribution in [0, 0.1) is 5.92 Å². The number of Topliss-reactive ketones (excluding diaryl/α,β-unsaturated/α-hetero) is 1. The van der Waals surface area contributed by atoms with E-state index in [1.807, 2.05) is 26.0 Å². The van der Waals surface area contributed by atoms with Crippen LogP contribution in [0.2, 0.25) is 0 Å². The van der Waals surface area contributed by atoms with Gasteiger partial charge < -0.3 is 15.0 Å². The first kappa shape index (κ1) is 19.0. The van der Waals surface area contributed by atoms with Crippen molar-refractivity contribution in [2.45, 2.75) is 39.2 Å². The lowest BCUT2D eigenvalue weighted by atomic mass is 10.0. The van der Waals surface area contributed by atoms with Crippen molar-refractivity contribution in [1.82, 2.24) is 5.32 Å². The van der Waals surface area contributed by atoms with Crippen molar-refractivity contribution < 1.29 is 19.1 Å². The Labute approximate surface area is 148 Å². The smallest absolute Gasteiger partial charge is 0.328 e. The number of methoxy groups -OCH3 is 1. The van der Waals surface area contributed by atoms with E-state index in [2.05, 4.69) is 10.2 Å². The number of carbonyl (C=O) groups excluding carboxylic acids is 3. The number of carbonyl (C=O) groups is 3. The Hall–Kier alpha value is -2.37. The van der Waals surface area contributed by atoms with Crippen LogP contribution >= 0.6 is 0 Å². The van der Waals surface area contributed by atoms with E-state index in [-0.39, 0.29) is 11.8 Å². The van der Waals surface area contributed by atoms with Gasteiger partial charge in [0.25, 0.3) is 5.91 Å². The molecule has 1 heterocycles. The van der Waals surface area contributed by atoms with Crippen molar-refractivity contribution in [3.8, 4) is 0 Å². The molecule has 6 heteroatoms. The number of rotatable bonds is 6. The number of esters is 1. The highest BCUT2D eigenvalue weighted by molar-refractivity contribution is 5.97. The van der Waals surface area contributed by atoms with Crippen LogP contribution in [0.4, 0.5) is 5.69 Å². The third-order valence-corrected chi connectivity index (χ3v) is 4.31. The Morgan fingerprint density at radius 2 is 1.76 bits per heavy atom. The van der Waals surface area contributed by atoms with Crippen molar-refractivity contribution >= 4 is 23.3 Å². The van der Waals surface area contributed by atoms with Crippen molar-refractivity contribution in [3.63, 3.8) is 0 Å². The number of hydrogen-bond acceptors (Lipinski definition) is 5. The molecular formula is C19H26N2O4. The normalized spacial score (nSPS) is 15.8. The van der Waals surface area contributed by atoms with Gasteiger partial charge in [-0.25, -0.2) is 4.79 Å². The number of ketones is 1. The molecule has 0 aliphatic carbocycles. The second-order valence-corrected chi connectivity index (χ2v) is 6.75. The zero-order valence-electron chi connectivity index (χ0n) is 15.1. The molecule has 1 aliphatic rings. The summed E-state index contributed by atoms with van der Waals surface area (Å²) in [5, 5.41) is 2.75. The van der Waals surface area contributed by atoms with E-state index in [9.17, 15) is 14.4 Å². The largest absolute Gasteiger partial charge is 0.467 e. The van der Waals surface area contributed by atoms with Gasteiger partial charge in [-0.3, -0.25) is 9.59 Å². The Morgan fingerprint density at radius 1 is 1.16 bits per heavy atom. The van der Waals surface area contributed by atoms with Crippen LogP contribution in [-0.4, -0.2) is 43.9 Å². The van der Waals surface area contributed by atoms with Gasteiger partial charge >= 0.3 is 5.97 Å². The molecule has 1 N–H and O–H groups in total. The third-order valence-electron chi connectivity index (χ3n) is 4.31. The molecule has 1 saturated heterocycles. The van der Waals surface area contributed by atoms with Crippen molar-refractivity contribution in [3.05, 3.63) is 29.8 Å². The zero-order valence-corrected chi connectivity index (χ0v) is 15.1. The maximum absolute atomic E-state index is 12.4. The summed E-state index contributed by atoms with van der Waals surface area (Å²) in [6.45, 7) is 5.40. The van der Waals surface area contributed by atoms with Gasteiger partial charge in [-0.2, -0.15) is 0 Å². The van der Waals surface area contributed by atoms with Gasteiger partial charge in [0.2, 0.25) is 0 Å². The monoisotopic (exact) mass is 346 g/mol. The number of benzene rings is 1. The van der Waals surface area contributed by atoms with E-state index < -0.39 is 12.0 Å². The predicted octanol–water partition coefficient (Wildman–Crippen LogP) is 2.17. The lowest BCUT2D eigenvalue weighted by Gasteiger charge is -2.28. The van der Waals surface area contributed by atoms with Gasteiger partial charge in [-0.1, -0.05) is 13.8 Å². The molecule has 0 bridgehead atoms. The lowest BCUT2D eigenvalue weighted by molar-refractivity contribution is -0.143. The first-order valence-corrected chi connectivity index (χ1v) is 8.66. The minimum atomic E-state index is -0.648. The molecule has 0 radical (unpaired) electrons. The molecule has 0 spiro atoms. The molecule has 1 aromatic rings. The van der Waals surface area contributed by atoms with Crippen LogP contribution in [-0.2, 0) is 14.3 Å². The van der Waals surface area contributed by atoms with E-state index >= 15 is 0 Å². The summed E-state index contributed by atoms with van der Waals surface area (Å²) < 4.78 is 4.77. The molecule has 1 aromatic carbocycles. The predicted molar refractivity (Wildman–Crippen MR) is 95.6 cm³/mol. The standard InChI is InChI=1S/C19H26N2O4/c1-13(2)12-17(19(24)25-3)20-18(23)14-4-6-15(7-5-14)21-10-8-16(22)9-11-21/h4-7,13,17H,8-12H2,1-3H3,(H,20,23)/t17-/m0/s1. The molecule has 2 rings (SSSR count). The molecule has 0 saturated carbocycles. The van der Waals surface area contributed by atoms with E-state index in [1.54, 1.807) is 12.1 Å². The molecule has 1 atom stereocenters. The lowest BCUT2D eigenvalue weighted by Crippen LogP contribution is -2.42. The van der Waals surface area contributed by atoms with Crippen LogP contribution in [0.15, 0.2) is 24.3 Å². The highest BCUT2D eigenvalue weighted by Gasteiger charge is 2.23. The Bertz CT molecular complexity index is 615. The quantitative estimate of drug-likeness (QED) is 0.799. The highest BCUT2D eigenvalue weighted by atomic mass is 16.5. The fourth-order valence-corrected chi connectivity index (χ4v) is 2.91. The molecule has 6 nitrogen and oxygen atoms in total. The first-order chi connectivity index (χ1) is 11.9. The van der Waals surface area contributed by atoms with Gasteiger partial charge in [-0.05, 0) is 36.6 Å². The summed E-state index contributed by atoms with van der Waals surface area (Å²) in [5.41, 5.74) is 1.49. The number of anilines is 1. The van der Waals surface area contributed by atoms with Crippen molar-refractivity contribution in [2.24, 2.45) is 5.92 Å². The summed E-state index contributed by atoms with van der Waals surface area (Å²) in [4.78, 5) is 37.7. The minimum absolute atomic E-state index is 0.258. The second-order valence-electron chi connectivity index (χ2n) is 6.75. The molecule has 1 amide bonds. The Morgan fingerprint density at radius 3 is 2.28 bits per heavy atom. The van der Waals surface area contributed by atoms with Crippen molar-refractivity contribution in [1.29, 1.82) is 0 Å². The van der Waals surface area contributed by atoms with Gasteiger partial charge in [0, 0.05) is 37.2 Å². The fourth-order valence-electron chi connectivity index (χ4n) is 2.91. The molecule has 1 aliphatic heterocycles. The summed E-state index contributed by atoms with van der Waals surface area (Å²) in [6, 6.07) is 6.58. The van der Waals surface area contributed by atoms with Crippen LogP contribution in [0.1, 0.15) is 43.5 Å². The van der Waals surface area contributed by atoms with Gasteiger partial charge in [0.1, 0.15) is 11.8 Å². The summed E-state index contributed by atoms with van der Waals surface area (Å²) in [5.74, 6) is -0.173. The summed E-state index contributed by atoms with van der Waals surface area (Å²) in [6.07, 6.45) is 1.66. The number of hydrogen-bond donors (Lipinski definition) is 1. The molecule has 25 heavy (non-hydrogen) atoms. The van der Waals surface area contributed by atoms with E-state index in [0.717, 1.165) is 5.69 Å². The minimum Gasteiger partial charge on any atom is -0.467 e. The van der Waals surface area contributed by atoms with Gasteiger partial charge in [-0.15, -0.1) is 0 Å². The summed E-state index contributed by atoms with van der Waals surface area (Å²) >= 11 is 0. The second kappa shape index (κ2) is 8.65. The molecular weight excluding hydrogens is 320 g/mol. The number of ether oxygens (including phenoxy) is 1. The Balaban J connectivity index is 2.01. The van der Waals surface area contributed by atoms with Crippen molar-refractivity contribution in [2.75, 3.05) is 25.1 Å². The van der Waals surface area contributed by atoms with Crippen LogP contribution in [0.3, 0.4) is 0 Å². The third kappa shape index (κ3) is 5.31. The highest BCUT2D eigenvalue weighted by Crippen LogP contribution is 2.19. The van der Waals surface area contributed by atoms with E-state index in [4.69, 9.17) is 4.74 Å². The number of piperidine rings is 1. The zero-order chi connectivity index (χ0) is 18.4. The van der Waals surface area contributed by atoms with Gasteiger partial charge in [0.05, 0.1) is 7.11 Å².